The van der Waals surface area contributed by atoms with Crippen LogP contribution in [0.1, 0.15) is 15.9 Å². The number of amides is 1. The van der Waals surface area contributed by atoms with Crippen molar-refractivity contribution in [3.05, 3.63) is 67.7 Å². The number of nitrogens with one attached hydrogen (secondary N) is 1. The van der Waals surface area contributed by atoms with Crippen LogP contribution in [0.4, 0.5) is 11.4 Å². The first kappa shape index (κ1) is 15.3. The summed E-state index contributed by atoms with van der Waals surface area (Å²) < 4.78 is 0. The van der Waals surface area contributed by atoms with E-state index in [1.54, 1.807) is 25.1 Å². The Morgan fingerprint density at radius 1 is 1.19 bits per heavy atom. The van der Waals surface area contributed by atoms with E-state index < -0.39 is 10.8 Å². The number of non-ortho nitro benzene ring substituents is 1. The normalized spacial score (nSPS) is 10.2. The minimum absolute atomic E-state index is 0.0405. The van der Waals surface area contributed by atoms with Crippen LogP contribution >= 0.6 is 23.2 Å². The molecule has 0 heterocycles. The molecule has 0 aliphatic carbocycles. The number of hydrogen-bond acceptors (Lipinski definition) is 3. The first-order chi connectivity index (χ1) is 9.90. The number of carbonyl (C=O) groups is 1. The average Bonchev–Trinajstić information content (AvgIpc) is 2.40. The van der Waals surface area contributed by atoms with Crippen LogP contribution in [0.5, 0.6) is 0 Å². The van der Waals surface area contributed by atoms with Crippen LogP contribution in [-0.4, -0.2) is 10.8 Å². The first-order valence-electron chi connectivity index (χ1n) is 5.90. The molecule has 21 heavy (non-hydrogen) atoms. The molecule has 2 rings (SSSR count). The highest BCUT2D eigenvalue weighted by Gasteiger charge is 2.16. The standard InChI is InChI=1S/C14H10Cl2N2O3/c1-8-7-9(18(20)21)5-6-12(8)17-14(19)13-10(15)3-2-4-11(13)16/h2-7H,1H3,(H,17,19). The summed E-state index contributed by atoms with van der Waals surface area (Å²) in [5.41, 5.74) is 1.15. The van der Waals surface area contributed by atoms with Crippen molar-refractivity contribution >= 4 is 40.5 Å². The van der Waals surface area contributed by atoms with Crippen LogP contribution in [0, 0.1) is 17.0 Å². The molecule has 0 saturated heterocycles. The van der Waals surface area contributed by atoms with E-state index >= 15 is 0 Å². The summed E-state index contributed by atoms with van der Waals surface area (Å²) in [4.78, 5) is 22.4. The maximum absolute atomic E-state index is 12.2. The number of halogens is 2. The molecule has 2 aromatic carbocycles. The number of anilines is 1. The SMILES string of the molecule is Cc1cc([N+](=O)[O-])ccc1NC(=O)c1c(Cl)cccc1Cl. The predicted molar refractivity (Wildman–Crippen MR) is 82.2 cm³/mol. The van der Waals surface area contributed by atoms with Crippen molar-refractivity contribution in [2.45, 2.75) is 6.92 Å². The summed E-state index contributed by atoms with van der Waals surface area (Å²) in [5.74, 6) is -0.470. The van der Waals surface area contributed by atoms with Gasteiger partial charge in [-0.15, -0.1) is 0 Å². The summed E-state index contributed by atoms with van der Waals surface area (Å²) in [6.07, 6.45) is 0. The molecule has 0 saturated carbocycles. The fraction of sp³-hybridized carbons (Fsp3) is 0.0714. The fourth-order valence-electron chi connectivity index (χ4n) is 1.80. The molecule has 1 N–H and O–H groups in total. The van der Waals surface area contributed by atoms with Crippen LogP contribution in [0.25, 0.3) is 0 Å². The molecule has 0 bridgehead atoms. The van der Waals surface area contributed by atoms with Crippen molar-refractivity contribution in [2.24, 2.45) is 0 Å². The molecule has 5 nitrogen and oxygen atoms in total. The number of aryl methyl sites for hydroxylation is 1. The van der Waals surface area contributed by atoms with Gasteiger partial charge in [0.25, 0.3) is 11.6 Å². The van der Waals surface area contributed by atoms with Gasteiger partial charge >= 0.3 is 0 Å². The van der Waals surface area contributed by atoms with Gasteiger partial charge in [-0.3, -0.25) is 14.9 Å². The molecule has 0 aromatic heterocycles. The molecule has 0 spiro atoms. The predicted octanol–water partition coefficient (Wildman–Crippen LogP) is 4.46. The molecule has 2 aromatic rings. The van der Waals surface area contributed by atoms with Gasteiger partial charge in [0.1, 0.15) is 0 Å². The zero-order valence-corrected chi connectivity index (χ0v) is 12.4. The average molecular weight is 325 g/mol. The Morgan fingerprint density at radius 3 is 2.33 bits per heavy atom. The van der Waals surface area contributed by atoms with Crippen LogP contribution < -0.4 is 5.32 Å². The molecule has 1 amide bonds. The van der Waals surface area contributed by atoms with Crippen molar-refractivity contribution in [2.75, 3.05) is 5.32 Å². The Hall–Kier alpha value is -2.11. The van der Waals surface area contributed by atoms with Crippen LogP contribution in [0.2, 0.25) is 10.0 Å². The molecule has 0 unspecified atom stereocenters. The summed E-state index contributed by atoms with van der Waals surface area (Å²) in [5, 5.41) is 13.8. The minimum atomic E-state index is -0.496. The third kappa shape index (κ3) is 3.32. The lowest BCUT2D eigenvalue weighted by Gasteiger charge is -2.10. The third-order valence-electron chi connectivity index (χ3n) is 2.86. The van der Waals surface area contributed by atoms with Crippen molar-refractivity contribution < 1.29 is 9.72 Å². The molecule has 0 radical (unpaired) electrons. The van der Waals surface area contributed by atoms with Gasteiger partial charge in [0.15, 0.2) is 0 Å². The molecular weight excluding hydrogens is 315 g/mol. The van der Waals surface area contributed by atoms with E-state index in [1.165, 1.54) is 18.2 Å². The van der Waals surface area contributed by atoms with Gasteiger partial charge in [-0.05, 0) is 30.7 Å². The topological polar surface area (TPSA) is 72.2 Å². The summed E-state index contributed by atoms with van der Waals surface area (Å²) in [6, 6.07) is 8.92. The van der Waals surface area contributed by atoms with E-state index in [4.69, 9.17) is 23.2 Å². The zero-order valence-electron chi connectivity index (χ0n) is 10.9. The van der Waals surface area contributed by atoms with Crippen LogP contribution in [-0.2, 0) is 0 Å². The molecule has 0 aliphatic heterocycles. The van der Waals surface area contributed by atoms with E-state index in [2.05, 4.69) is 5.32 Å². The maximum atomic E-state index is 12.2. The Balaban J connectivity index is 2.30. The number of rotatable bonds is 3. The Morgan fingerprint density at radius 2 is 1.81 bits per heavy atom. The van der Waals surface area contributed by atoms with Gasteiger partial charge in [-0.1, -0.05) is 29.3 Å². The maximum Gasteiger partial charge on any atom is 0.269 e. The lowest BCUT2D eigenvalue weighted by atomic mass is 10.1. The third-order valence-corrected chi connectivity index (χ3v) is 3.49. The van der Waals surface area contributed by atoms with Gasteiger partial charge in [0.2, 0.25) is 0 Å². The summed E-state index contributed by atoms with van der Waals surface area (Å²) in [6.45, 7) is 1.66. The van der Waals surface area contributed by atoms with E-state index in [0.717, 1.165) is 0 Å². The second-order valence-corrected chi connectivity index (χ2v) is 5.12. The Kier molecular flexibility index (Phi) is 4.45. The van der Waals surface area contributed by atoms with E-state index in [9.17, 15) is 14.9 Å². The number of benzene rings is 2. The highest BCUT2D eigenvalue weighted by Crippen LogP contribution is 2.27. The highest BCUT2D eigenvalue weighted by molar-refractivity contribution is 6.40. The lowest BCUT2D eigenvalue weighted by molar-refractivity contribution is -0.384. The number of carbonyl (C=O) groups excluding carboxylic acids is 1. The monoisotopic (exact) mass is 324 g/mol. The van der Waals surface area contributed by atoms with Crippen LogP contribution in [0.3, 0.4) is 0 Å². The zero-order chi connectivity index (χ0) is 15.6. The number of hydrogen-bond donors (Lipinski definition) is 1. The molecule has 0 atom stereocenters. The largest absolute Gasteiger partial charge is 0.322 e. The smallest absolute Gasteiger partial charge is 0.269 e. The van der Waals surface area contributed by atoms with Gasteiger partial charge in [-0.2, -0.15) is 0 Å². The second kappa shape index (κ2) is 6.11. The number of nitro benzene ring substituents is 1. The Labute approximate surface area is 130 Å². The fourth-order valence-corrected chi connectivity index (χ4v) is 2.37. The first-order valence-corrected chi connectivity index (χ1v) is 6.66. The summed E-state index contributed by atoms with van der Waals surface area (Å²) in [7, 11) is 0. The molecule has 108 valence electrons. The van der Waals surface area contributed by atoms with Crippen molar-refractivity contribution in [1.82, 2.24) is 0 Å². The molecule has 0 fully saturated rings. The molecule has 0 aliphatic rings. The van der Waals surface area contributed by atoms with Crippen molar-refractivity contribution in [3.63, 3.8) is 0 Å². The molecular formula is C14H10Cl2N2O3. The highest BCUT2D eigenvalue weighted by atomic mass is 35.5. The van der Waals surface area contributed by atoms with Gasteiger partial charge < -0.3 is 5.32 Å². The second-order valence-electron chi connectivity index (χ2n) is 4.31. The van der Waals surface area contributed by atoms with E-state index in [-0.39, 0.29) is 21.3 Å². The number of nitrogens with zero attached hydrogens (tertiary/aromatic N) is 1. The number of nitro groups is 1. The molecule has 7 heteroatoms. The van der Waals surface area contributed by atoms with Gasteiger partial charge in [0, 0.05) is 17.8 Å². The Bertz CT molecular complexity index is 712. The van der Waals surface area contributed by atoms with E-state index in [1.807, 2.05) is 0 Å². The lowest BCUT2D eigenvalue weighted by Crippen LogP contribution is -2.14. The summed E-state index contributed by atoms with van der Waals surface area (Å²) >= 11 is 11.9. The van der Waals surface area contributed by atoms with E-state index in [0.29, 0.717) is 11.3 Å². The van der Waals surface area contributed by atoms with Crippen molar-refractivity contribution in [3.8, 4) is 0 Å². The van der Waals surface area contributed by atoms with Gasteiger partial charge in [-0.25, -0.2) is 0 Å². The van der Waals surface area contributed by atoms with Crippen LogP contribution in [0.15, 0.2) is 36.4 Å². The minimum Gasteiger partial charge on any atom is -0.322 e. The van der Waals surface area contributed by atoms with Crippen molar-refractivity contribution in [1.29, 1.82) is 0 Å². The van der Waals surface area contributed by atoms with Gasteiger partial charge in [0.05, 0.1) is 20.5 Å². The quantitative estimate of drug-likeness (QED) is 0.669.